The summed E-state index contributed by atoms with van der Waals surface area (Å²) in [4.78, 5) is 26.3. The third kappa shape index (κ3) is 5.76. The molecule has 1 saturated heterocycles. The first-order valence-electron chi connectivity index (χ1n) is 12.9. The quantitative estimate of drug-likeness (QED) is 0.364. The predicted octanol–water partition coefficient (Wildman–Crippen LogP) is 3.14. The summed E-state index contributed by atoms with van der Waals surface area (Å²) in [6.07, 6.45) is 5.04. The summed E-state index contributed by atoms with van der Waals surface area (Å²) in [5.74, 6) is 3.56. The maximum Gasteiger partial charge on any atom is 0.231 e. The van der Waals surface area contributed by atoms with Crippen LogP contribution in [-0.4, -0.2) is 70.2 Å². The fourth-order valence-electron chi connectivity index (χ4n) is 4.41. The van der Waals surface area contributed by atoms with Crippen molar-refractivity contribution in [3.8, 4) is 0 Å². The molecule has 1 aromatic carbocycles. The molecular formula is C26H33N9O. The van der Waals surface area contributed by atoms with Crippen LogP contribution < -0.4 is 20.9 Å². The molecule has 0 atom stereocenters. The highest BCUT2D eigenvalue weighted by Gasteiger charge is 2.26. The lowest BCUT2D eigenvalue weighted by Crippen LogP contribution is -2.44. The van der Waals surface area contributed by atoms with E-state index in [0.717, 1.165) is 61.9 Å². The molecule has 188 valence electrons. The van der Waals surface area contributed by atoms with Crippen LogP contribution in [0.5, 0.6) is 0 Å². The van der Waals surface area contributed by atoms with Crippen molar-refractivity contribution in [1.29, 1.82) is 0 Å². The summed E-state index contributed by atoms with van der Waals surface area (Å²) in [7, 11) is 2.14. The van der Waals surface area contributed by atoms with E-state index in [0.29, 0.717) is 30.1 Å². The van der Waals surface area contributed by atoms with E-state index in [1.165, 1.54) is 18.5 Å². The van der Waals surface area contributed by atoms with Crippen LogP contribution in [0.1, 0.15) is 42.9 Å². The van der Waals surface area contributed by atoms with Gasteiger partial charge in [0.05, 0.1) is 6.42 Å². The average molecular weight is 488 g/mol. The van der Waals surface area contributed by atoms with Gasteiger partial charge in [-0.2, -0.15) is 15.1 Å². The Morgan fingerprint density at radius 1 is 0.972 bits per heavy atom. The lowest BCUT2D eigenvalue weighted by atomic mass is 10.1. The summed E-state index contributed by atoms with van der Waals surface area (Å²) < 4.78 is 0. The number of rotatable bonds is 9. The van der Waals surface area contributed by atoms with Crippen LogP contribution in [0, 0.1) is 0 Å². The van der Waals surface area contributed by atoms with Gasteiger partial charge in [0.2, 0.25) is 11.9 Å². The minimum Gasteiger partial charge on any atom is -0.354 e. The topological polar surface area (TPSA) is 114 Å². The van der Waals surface area contributed by atoms with Gasteiger partial charge in [0.15, 0.2) is 5.82 Å². The number of aromatic nitrogens is 4. The van der Waals surface area contributed by atoms with E-state index in [2.05, 4.69) is 49.1 Å². The Labute approximate surface area is 210 Å². The third-order valence-electron chi connectivity index (χ3n) is 6.93. The number of piperazine rings is 1. The summed E-state index contributed by atoms with van der Waals surface area (Å²) in [6.45, 7) is 3.82. The average Bonchev–Trinajstić information content (AvgIpc) is 3.81. The van der Waals surface area contributed by atoms with Crippen molar-refractivity contribution in [3.05, 3.63) is 47.7 Å². The Bertz CT molecular complexity index is 1210. The van der Waals surface area contributed by atoms with Gasteiger partial charge in [-0.15, -0.1) is 0 Å². The molecule has 3 heterocycles. The van der Waals surface area contributed by atoms with E-state index in [9.17, 15) is 4.79 Å². The number of carbonyl (C=O) groups excluding carboxylic acids is 1. The molecule has 10 nitrogen and oxygen atoms in total. The number of benzene rings is 1. The third-order valence-corrected chi connectivity index (χ3v) is 6.93. The second kappa shape index (κ2) is 9.77. The van der Waals surface area contributed by atoms with E-state index in [1.807, 2.05) is 30.3 Å². The van der Waals surface area contributed by atoms with Crippen molar-refractivity contribution in [2.75, 3.05) is 48.8 Å². The van der Waals surface area contributed by atoms with Gasteiger partial charge in [0.25, 0.3) is 0 Å². The van der Waals surface area contributed by atoms with E-state index < -0.39 is 0 Å². The minimum atomic E-state index is 0.0837. The zero-order chi connectivity index (χ0) is 24.5. The van der Waals surface area contributed by atoms with Crippen LogP contribution in [0.4, 0.5) is 29.1 Å². The fourth-order valence-corrected chi connectivity index (χ4v) is 4.41. The highest BCUT2D eigenvalue weighted by Crippen LogP contribution is 2.39. The van der Waals surface area contributed by atoms with Crippen molar-refractivity contribution in [1.82, 2.24) is 30.4 Å². The molecular weight excluding hydrogens is 454 g/mol. The Kier molecular flexibility index (Phi) is 6.18. The van der Waals surface area contributed by atoms with Crippen molar-refractivity contribution >= 4 is 35.0 Å². The Balaban J connectivity index is 1.18. The van der Waals surface area contributed by atoms with Gasteiger partial charge in [-0.1, -0.05) is 12.1 Å². The number of nitrogens with zero attached hydrogens (tertiary/aromatic N) is 5. The van der Waals surface area contributed by atoms with Crippen LogP contribution in [0.25, 0.3) is 0 Å². The van der Waals surface area contributed by atoms with E-state index >= 15 is 0 Å². The summed E-state index contributed by atoms with van der Waals surface area (Å²) in [6, 6.07) is 12.3. The molecule has 4 N–H and O–H groups in total. The number of H-pyrrole nitrogens is 1. The molecule has 6 rings (SSSR count). The van der Waals surface area contributed by atoms with Gasteiger partial charge in [-0.25, -0.2) is 0 Å². The molecule has 10 heteroatoms. The molecule has 0 unspecified atom stereocenters. The molecule has 36 heavy (non-hydrogen) atoms. The van der Waals surface area contributed by atoms with Crippen LogP contribution in [0.2, 0.25) is 0 Å². The zero-order valence-electron chi connectivity index (χ0n) is 20.6. The number of likely N-dealkylation sites (N-methyl/N-ethyl adjacent to an activating group) is 1. The maximum atomic E-state index is 12.1. The molecule has 3 fully saturated rings. The summed E-state index contributed by atoms with van der Waals surface area (Å²) in [5, 5.41) is 17.3. The largest absolute Gasteiger partial charge is 0.354 e. The van der Waals surface area contributed by atoms with Crippen molar-refractivity contribution in [3.63, 3.8) is 0 Å². The van der Waals surface area contributed by atoms with E-state index in [4.69, 9.17) is 9.97 Å². The van der Waals surface area contributed by atoms with Crippen LogP contribution in [0.3, 0.4) is 0 Å². The van der Waals surface area contributed by atoms with Crippen molar-refractivity contribution < 1.29 is 4.79 Å². The fraction of sp³-hybridized carbons (Fsp3) is 0.462. The molecule has 2 saturated carbocycles. The van der Waals surface area contributed by atoms with Gasteiger partial charge in [-0.3, -0.25) is 9.89 Å². The smallest absolute Gasteiger partial charge is 0.231 e. The van der Waals surface area contributed by atoms with Gasteiger partial charge in [0, 0.05) is 61.7 Å². The van der Waals surface area contributed by atoms with Gasteiger partial charge < -0.3 is 25.8 Å². The van der Waals surface area contributed by atoms with E-state index in [-0.39, 0.29) is 5.91 Å². The predicted molar refractivity (Wildman–Crippen MR) is 140 cm³/mol. The molecule has 0 bridgehead atoms. The highest BCUT2D eigenvalue weighted by molar-refractivity contribution is 5.79. The molecule has 3 aliphatic rings. The lowest BCUT2D eigenvalue weighted by molar-refractivity contribution is -0.120. The lowest BCUT2D eigenvalue weighted by Gasteiger charge is -2.33. The first kappa shape index (κ1) is 22.8. The number of aromatic amines is 1. The molecule has 2 aromatic heterocycles. The summed E-state index contributed by atoms with van der Waals surface area (Å²) in [5.41, 5.74) is 3.03. The molecule has 0 spiro atoms. The molecule has 3 aromatic rings. The number of hydrogen-bond acceptors (Lipinski definition) is 8. The van der Waals surface area contributed by atoms with Gasteiger partial charge >= 0.3 is 0 Å². The SMILES string of the molecule is CN1CCN(c2cc(Nc3cc(C4CC4)[nH]n3)nc(Nc3ccc(CC(=O)NC4CC4)cc3)n2)CC1. The minimum absolute atomic E-state index is 0.0837. The Morgan fingerprint density at radius 2 is 1.75 bits per heavy atom. The maximum absolute atomic E-state index is 12.1. The van der Waals surface area contributed by atoms with Crippen molar-refractivity contribution in [2.45, 2.75) is 44.1 Å². The Hall–Kier alpha value is -3.66. The number of carbonyl (C=O) groups is 1. The normalized spacial score (nSPS) is 18.2. The monoisotopic (exact) mass is 487 g/mol. The first-order valence-corrected chi connectivity index (χ1v) is 12.9. The molecule has 1 amide bonds. The van der Waals surface area contributed by atoms with Crippen molar-refractivity contribution in [2.24, 2.45) is 0 Å². The molecule has 2 aliphatic carbocycles. The second-order valence-electron chi connectivity index (χ2n) is 10.2. The van der Waals surface area contributed by atoms with Crippen LogP contribution in [-0.2, 0) is 11.2 Å². The summed E-state index contributed by atoms with van der Waals surface area (Å²) >= 11 is 0. The number of amides is 1. The van der Waals surface area contributed by atoms with Crippen LogP contribution in [0.15, 0.2) is 36.4 Å². The van der Waals surface area contributed by atoms with Gasteiger partial charge in [0.1, 0.15) is 11.6 Å². The molecule has 0 radical (unpaired) electrons. The Morgan fingerprint density at radius 3 is 2.47 bits per heavy atom. The second-order valence-corrected chi connectivity index (χ2v) is 10.2. The number of anilines is 5. The molecule has 1 aliphatic heterocycles. The number of nitrogens with one attached hydrogen (secondary N) is 4. The van der Waals surface area contributed by atoms with Gasteiger partial charge in [-0.05, 0) is 50.4 Å². The zero-order valence-corrected chi connectivity index (χ0v) is 20.6. The standard InChI is InChI=1S/C26H33N9O/c1-34-10-12-35(13-11-34)24-16-22(29-23-15-21(32-33-23)18-4-5-18)30-26(31-24)28-20-6-2-17(3-7-20)14-25(36)27-19-8-9-19/h2-3,6-7,15-16,18-19H,4-5,8-14H2,1H3,(H,27,36)(H3,28,29,30,31,32,33). The highest BCUT2D eigenvalue weighted by atomic mass is 16.1. The van der Waals surface area contributed by atoms with Crippen LogP contribution >= 0.6 is 0 Å². The number of hydrogen-bond donors (Lipinski definition) is 4. The van der Waals surface area contributed by atoms with E-state index in [1.54, 1.807) is 0 Å². The first-order chi connectivity index (χ1) is 17.6.